The number of benzene rings is 2. The summed E-state index contributed by atoms with van der Waals surface area (Å²) in [5.41, 5.74) is 3.16. The van der Waals surface area contributed by atoms with Crippen molar-refractivity contribution in [2.75, 3.05) is 43.4 Å². The lowest BCUT2D eigenvalue weighted by Crippen LogP contribution is -2.45. The van der Waals surface area contributed by atoms with Gasteiger partial charge in [0.15, 0.2) is 0 Å². The summed E-state index contributed by atoms with van der Waals surface area (Å²) in [5.74, 6) is -1.51. The first-order valence-corrected chi connectivity index (χ1v) is 11.8. The number of carbonyl (C=O) groups excluding carboxylic acids is 2. The van der Waals surface area contributed by atoms with Crippen LogP contribution in [0.5, 0.6) is 0 Å². The van der Waals surface area contributed by atoms with Gasteiger partial charge in [0, 0.05) is 50.2 Å². The quantitative estimate of drug-likeness (QED) is 0.437. The monoisotopic (exact) mass is 486 g/mol. The van der Waals surface area contributed by atoms with Crippen molar-refractivity contribution in [3.8, 4) is 0 Å². The number of likely N-dealkylation sites (N-methyl/N-ethyl adjacent to an activating group) is 1. The largest absolute Gasteiger partial charge is 0.369 e. The predicted molar refractivity (Wildman–Crippen MR) is 137 cm³/mol. The summed E-state index contributed by atoms with van der Waals surface area (Å²) in [7, 11) is 2.11. The summed E-state index contributed by atoms with van der Waals surface area (Å²) in [6.07, 6.45) is 3.13. The highest BCUT2D eigenvalue weighted by molar-refractivity contribution is 6.04. The average molecular weight is 487 g/mol. The van der Waals surface area contributed by atoms with Crippen LogP contribution in [0.3, 0.4) is 0 Å². The highest BCUT2D eigenvalue weighted by atomic mass is 19.1. The lowest BCUT2D eigenvalue weighted by atomic mass is 10.1. The highest BCUT2D eigenvalue weighted by Crippen LogP contribution is 2.22. The van der Waals surface area contributed by atoms with E-state index in [2.05, 4.69) is 38.5 Å². The smallest absolute Gasteiger partial charge is 0.274 e. The van der Waals surface area contributed by atoms with E-state index in [-0.39, 0.29) is 22.9 Å². The van der Waals surface area contributed by atoms with Crippen LogP contribution in [0.15, 0.2) is 73.1 Å². The number of amides is 2. The molecule has 1 fully saturated rings. The van der Waals surface area contributed by atoms with E-state index in [0.29, 0.717) is 12.2 Å². The maximum Gasteiger partial charge on any atom is 0.274 e. The van der Waals surface area contributed by atoms with Gasteiger partial charge in [-0.1, -0.05) is 24.3 Å². The molecule has 0 saturated carbocycles. The van der Waals surface area contributed by atoms with Crippen molar-refractivity contribution >= 4 is 28.8 Å². The maximum absolute atomic E-state index is 14.5. The highest BCUT2D eigenvalue weighted by Gasteiger charge is 2.18. The lowest BCUT2D eigenvalue weighted by Gasteiger charge is -2.35. The number of halogens is 1. The Morgan fingerprint density at radius 3 is 2.58 bits per heavy atom. The minimum Gasteiger partial charge on any atom is -0.369 e. The Hall–Kier alpha value is -4.24. The predicted octanol–water partition coefficient (Wildman–Crippen LogP) is 3.41. The van der Waals surface area contributed by atoms with Crippen molar-refractivity contribution in [3.05, 3.63) is 95.7 Å². The van der Waals surface area contributed by atoms with Crippen LogP contribution in [0.2, 0.25) is 0 Å². The number of nitrogens with zero attached hydrogens (tertiary/aromatic N) is 4. The van der Waals surface area contributed by atoms with Crippen molar-refractivity contribution in [1.82, 2.24) is 19.6 Å². The number of imidazole rings is 1. The van der Waals surface area contributed by atoms with Crippen LogP contribution in [-0.2, 0) is 6.54 Å². The summed E-state index contributed by atoms with van der Waals surface area (Å²) >= 11 is 0. The molecule has 0 unspecified atom stereocenters. The van der Waals surface area contributed by atoms with Crippen molar-refractivity contribution in [2.24, 2.45) is 0 Å². The van der Waals surface area contributed by atoms with Crippen molar-refractivity contribution in [2.45, 2.75) is 6.54 Å². The lowest BCUT2D eigenvalue weighted by molar-refractivity contribution is 0.0949. The second-order valence-electron chi connectivity index (χ2n) is 8.82. The van der Waals surface area contributed by atoms with Gasteiger partial charge in [-0.3, -0.25) is 14.0 Å². The molecular weight excluding hydrogens is 459 g/mol. The Kier molecular flexibility index (Phi) is 6.64. The van der Waals surface area contributed by atoms with Crippen LogP contribution in [0.25, 0.3) is 5.65 Å². The van der Waals surface area contributed by atoms with Crippen molar-refractivity contribution < 1.29 is 14.0 Å². The van der Waals surface area contributed by atoms with Gasteiger partial charge in [-0.2, -0.15) is 0 Å². The van der Waals surface area contributed by atoms with Gasteiger partial charge in [0.05, 0.1) is 11.9 Å². The van der Waals surface area contributed by atoms with Crippen LogP contribution >= 0.6 is 0 Å². The number of aromatic nitrogens is 2. The molecule has 2 amide bonds. The third-order valence-electron chi connectivity index (χ3n) is 6.40. The second kappa shape index (κ2) is 10.2. The first kappa shape index (κ1) is 23.5. The summed E-state index contributed by atoms with van der Waals surface area (Å²) in [5, 5.41) is 5.49. The van der Waals surface area contributed by atoms with E-state index in [9.17, 15) is 14.0 Å². The standard InChI is InChI=1S/C27H27FN6O2/c1-32-12-14-33(15-13-32)23-7-3-2-6-20(23)17-30-26(35)19-9-10-21(28)22(16-19)31-27(36)24-18-29-25-8-4-5-11-34(24)25/h2-11,16,18H,12-15,17H2,1H3,(H,30,35)(H,31,36). The van der Waals surface area contributed by atoms with Crippen molar-refractivity contribution in [1.29, 1.82) is 0 Å². The number of hydrogen-bond donors (Lipinski definition) is 2. The molecule has 8 nitrogen and oxygen atoms in total. The Morgan fingerprint density at radius 2 is 1.75 bits per heavy atom. The fourth-order valence-electron chi connectivity index (χ4n) is 4.34. The van der Waals surface area contributed by atoms with E-state index in [1.165, 1.54) is 24.4 Å². The van der Waals surface area contributed by atoms with Crippen LogP contribution in [-0.4, -0.2) is 59.3 Å². The van der Waals surface area contributed by atoms with Gasteiger partial charge in [0.1, 0.15) is 17.2 Å². The number of anilines is 2. The van der Waals surface area contributed by atoms with Crippen LogP contribution < -0.4 is 15.5 Å². The molecular formula is C27H27FN6O2. The van der Waals surface area contributed by atoms with Gasteiger partial charge in [-0.25, -0.2) is 9.37 Å². The van der Waals surface area contributed by atoms with Gasteiger partial charge in [-0.05, 0) is 49.0 Å². The zero-order chi connectivity index (χ0) is 25.1. The van der Waals surface area contributed by atoms with Gasteiger partial charge in [0.2, 0.25) is 0 Å². The SMILES string of the molecule is CN1CCN(c2ccccc2CNC(=O)c2ccc(F)c(NC(=O)c3cnc4ccccn34)c2)CC1. The molecule has 0 spiro atoms. The van der Waals surface area contributed by atoms with Crippen LogP contribution in [0.4, 0.5) is 15.8 Å². The van der Waals surface area contributed by atoms with Crippen LogP contribution in [0.1, 0.15) is 26.4 Å². The molecule has 0 bridgehead atoms. The second-order valence-corrected chi connectivity index (χ2v) is 8.82. The Bertz CT molecular complexity index is 1410. The minimum atomic E-state index is -0.630. The van der Waals surface area contributed by atoms with E-state index in [0.717, 1.165) is 37.4 Å². The Morgan fingerprint density at radius 1 is 0.972 bits per heavy atom. The third kappa shape index (κ3) is 4.92. The molecule has 2 aromatic carbocycles. The molecule has 0 radical (unpaired) electrons. The molecule has 4 aromatic rings. The molecule has 3 heterocycles. The number of hydrogen-bond acceptors (Lipinski definition) is 5. The number of rotatable bonds is 6. The van der Waals surface area contributed by atoms with E-state index in [1.807, 2.05) is 24.3 Å². The maximum atomic E-state index is 14.5. The zero-order valence-electron chi connectivity index (χ0n) is 19.9. The first-order valence-electron chi connectivity index (χ1n) is 11.8. The number of fused-ring (bicyclic) bond motifs is 1. The molecule has 2 N–H and O–H groups in total. The molecule has 1 saturated heterocycles. The normalized spacial score (nSPS) is 14.1. The van der Waals surface area contributed by atoms with E-state index in [1.54, 1.807) is 22.7 Å². The number of para-hydroxylation sites is 1. The van der Waals surface area contributed by atoms with Gasteiger partial charge in [-0.15, -0.1) is 0 Å². The average Bonchev–Trinajstić information content (AvgIpc) is 3.34. The van der Waals surface area contributed by atoms with Crippen LogP contribution in [0, 0.1) is 5.82 Å². The van der Waals surface area contributed by atoms with E-state index in [4.69, 9.17) is 0 Å². The summed E-state index contributed by atoms with van der Waals surface area (Å²) < 4.78 is 16.1. The summed E-state index contributed by atoms with van der Waals surface area (Å²) in [6.45, 7) is 4.16. The fourth-order valence-corrected chi connectivity index (χ4v) is 4.34. The number of piperazine rings is 1. The Labute approximate surface area is 208 Å². The van der Waals surface area contributed by atoms with Gasteiger partial charge < -0.3 is 20.4 Å². The molecule has 184 valence electrons. The van der Waals surface area contributed by atoms with E-state index >= 15 is 0 Å². The van der Waals surface area contributed by atoms with E-state index < -0.39 is 11.7 Å². The van der Waals surface area contributed by atoms with Gasteiger partial charge in [0.25, 0.3) is 11.8 Å². The molecule has 2 aromatic heterocycles. The molecule has 1 aliphatic heterocycles. The fraction of sp³-hybridized carbons (Fsp3) is 0.222. The van der Waals surface area contributed by atoms with Crippen molar-refractivity contribution in [3.63, 3.8) is 0 Å². The first-order chi connectivity index (χ1) is 17.5. The number of nitrogens with one attached hydrogen (secondary N) is 2. The summed E-state index contributed by atoms with van der Waals surface area (Å²) in [6, 6.07) is 17.3. The molecule has 1 aliphatic rings. The number of carbonyl (C=O) groups is 2. The number of pyridine rings is 1. The molecule has 5 rings (SSSR count). The topological polar surface area (TPSA) is 82.0 Å². The van der Waals surface area contributed by atoms with Gasteiger partial charge >= 0.3 is 0 Å². The molecule has 0 atom stereocenters. The molecule has 9 heteroatoms. The summed E-state index contributed by atoms with van der Waals surface area (Å²) in [4.78, 5) is 34.5. The molecule has 36 heavy (non-hydrogen) atoms. The minimum absolute atomic E-state index is 0.0728. The zero-order valence-corrected chi connectivity index (χ0v) is 19.9. The molecule has 0 aliphatic carbocycles. The Balaban J connectivity index is 1.28. The third-order valence-corrected chi connectivity index (χ3v) is 6.40.